The summed E-state index contributed by atoms with van der Waals surface area (Å²) in [5, 5.41) is 12.8. The van der Waals surface area contributed by atoms with Gasteiger partial charge in [0.05, 0.1) is 17.3 Å². The van der Waals surface area contributed by atoms with E-state index in [-0.39, 0.29) is 5.91 Å². The van der Waals surface area contributed by atoms with Crippen LogP contribution in [0.15, 0.2) is 59.5 Å². The SMILES string of the molecule is O=C(NCCc1nnc2n1CCN(Cc1ccc3cccnc3c1)CC2)c1ccoc1. The van der Waals surface area contributed by atoms with Gasteiger partial charge in [-0.3, -0.25) is 14.7 Å². The highest BCUT2D eigenvalue weighted by molar-refractivity contribution is 5.93. The molecule has 1 aliphatic rings. The first-order chi connectivity index (χ1) is 15.3. The zero-order valence-corrected chi connectivity index (χ0v) is 17.2. The Hall–Kier alpha value is -3.52. The van der Waals surface area contributed by atoms with E-state index < -0.39 is 0 Å². The van der Waals surface area contributed by atoms with Gasteiger partial charge < -0.3 is 14.3 Å². The standard InChI is InChI=1S/C23H24N6O2/c30-23(19-7-13-31-16-19)25-9-5-21-26-27-22-6-10-28(11-12-29(21)22)15-17-3-4-18-2-1-8-24-20(18)14-17/h1-4,7-8,13-14,16H,5-6,9-12,15H2,(H,25,30). The van der Waals surface area contributed by atoms with Crippen molar-refractivity contribution in [2.75, 3.05) is 19.6 Å². The number of amides is 1. The van der Waals surface area contributed by atoms with Gasteiger partial charge in [0, 0.05) is 57.1 Å². The summed E-state index contributed by atoms with van der Waals surface area (Å²) in [6, 6.07) is 12.2. The lowest BCUT2D eigenvalue weighted by atomic mass is 10.1. The lowest BCUT2D eigenvalue weighted by molar-refractivity contribution is 0.0953. The van der Waals surface area contributed by atoms with Gasteiger partial charge in [-0.2, -0.15) is 0 Å². The largest absolute Gasteiger partial charge is 0.472 e. The summed E-state index contributed by atoms with van der Waals surface area (Å²) >= 11 is 0. The minimum Gasteiger partial charge on any atom is -0.472 e. The van der Waals surface area contributed by atoms with E-state index in [9.17, 15) is 4.79 Å². The van der Waals surface area contributed by atoms with Gasteiger partial charge in [0.2, 0.25) is 0 Å². The van der Waals surface area contributed by atoms with Crippen LogP contribution in [0.25, 0.3) is 10.9 Å². The Morgan fingerprint density at radius 1 is 1.13 bits per heavy atom. The van der Waals surface area contributed by atoms with Gasteiger partial charge in [-0.05, 0) is 23.8 Å². The van der Waals surface area contributed by atoms with Gasteiger partial charge in [-0.15, -0.1) is 10.2 Å². The van der Waals surface area contributed by atoms with Crippen molar-refractivity contribution in [2.45, 2.75) is 25.9 Å². The molecular formula is C23H24N6O2. The van der Waals surface area contributed by atoms with E-state index in [0.29, 0.717) is 18.5 Å². The van der Waals surface area contributed by atoms with Crippen LogP contribution in [0.1, 0.15) is 27.6 Å². The highest BCUT2D eigenvalue weighted by Crippen LogP contribution is 2.17. The summed E-state index contributed by atoms with van der Waals surface area (Å²) in [7, 11) is 0. The minimum atomic E-state index is -0.139. The number of pyridine rings is 1. The number of carbonyl (C=O) groups is 1. The van der Waals surface area contributed by atoms with Gasteiger partial charge in [-0.1, -0.05) is 18.2 Å². The Morgan fingerprint density at radius 2 is 2.10 bits per heavy atom. The highest BCUT2D eigenvalue weighted by Gasteiger charge is 2.19. The smallest absolute Gasteiger partial charge is 0.254 e. The van der Waals surface area contributed by atoms with Crippen molar-refractivity contribution in [1.82, 2.24) is 30.0 Å². The number of carbonyl (C=O) groups excluding carboxylic acids is 1. The minimum absolute atomic E-state index is 0.139. The normalized spacial score (nSPS) is 14.3. The molecule has 158 valence electrons. The maximum absolute atomic E-state index is 12.1. The Kier molecular flexibility index (Phi) is 5.45. The summed E-state index contributed by atoms with van der Waals surface area (Å²) < 4.78 is 7.15. The molecule has 1 N–H and O–H groups in total. The van der Waals surface area contributed by atoms with Crippen molar-refractivity contribution >= 4 is 16.8 Å². The molecule has 4 heterocycles. The Bertz CT molecular complexity index is 1180. The average molecular weight is 416 g/mol. The first-order valence-corrected chi connectivity index (χ1v) is 10.5. The lowest BCUT2D eigenvalue weighted by Crippen LogP contribution is -2.28. The molecule has 0 unspecified atom stereocenters. The fourth-order valence-corrected chi connectivity index (χ4v) is 4.02. The number of benzene rings is 1. The molecule has 1 aliphatic heterocycles. The molecule has 1 amide bonds. The lowest BCUT2D eigenvalue weighted by Gasteiger charge is -2.20. The first kappa shape index (κ1) is 19.4. The number of fused-ring (bicyclic) bond motifs is 2. The van der Waals surface area contributed by atoms with E-state index in [1.807, 2.05) is 12.3 Å². The van der Waals surface area contributed by atoms with E-state index in [1.165, 1.54) is 18.1 Å². The number of hydrogen-bond acceptors (Lipinski definition) is 6. The number of rotatable bonds is 6. The van der Waals surface area contributed by atoms with Crippen LogP contribution in [-0.4, -0.2) is 50.2 Å². The van der Waals surface area contributed by atoms with Crippen LogP contribution < -0.4 is 5.32 Å². The maximum atomic E-state index is 12.1. The second-order valence-electron chi connectivity index (χ2n) is 7.76. The number of nitrogens with zero attached hydrogens (tertiary/aromatic N) is 5. The molecule has 8 nitrogen and oxygen atoms in total. The zero-order chi connectivity index (χ0) is 21.0. The molecule has 3 aromatic heterocycles. The number of furan rings is 1. The van der Waals surface area contributed by atoms with Crippen LogP contribution in [0, 0.1) is 0 Å². The predicted molar refractivity (Wildman–Crippen MR) is 115 cm³/mol. The summed E-state index contributed by atoms with van der Waals surface area (Å²) in [6.07, 6.45) is 6.28. The fourth-order valence-electron chi connectivity index (χ4n) is 4.02. The van der Waals surface area contributed by atoms with Crippen LogP contribution >= 0.6 is 0 Å². The second-order valence-corrected chi connectivity index (χ2v) is 7.76. The summed E-state index contributed by atoms with van der Waals surface area (Å²) in [6.45, 7) is 4.12. The third-order valence-electron chi connectivity index (χ3n) is 5.69. The molecule has 0 aliphatic carbocycles. The van der Waals surface area contributed by atoms with E-state index in [2.05, 4.69) is 54.2 Å². The average Bonchev–Trinajstić information content (AvgIpc) is 3.42. The van der Waals surface area contributed by atoms with Crippen LogP contribution in [0.2, 0.25) is 0 Å². The molecule has 8 heteroatoms. The molecule has 5 rings (SSSR count). The molecule has 0 atom stereocenters. The highest BCUT2D eigenvalue weighted by atomic mass is 16.3. The van der Waals surface area contributed by atoms with Gasteiger partial charge in [0.15, 0.2) is 0 Å². The van der Waals surface area contributed by atoms with E-state index in [1.54, 1.807) is 6.07 Å². The fraction of sp³-hybridized carbons (Fsp3) is 0.304. The van der Waals surface area contributed by atoms with Crippen molar-refractivity contribution in [2.24, 2.45) is 0 Å². The second kappa shape index (κ2) is 8.69. The van der Waals surface area contributed by atoms with Gasteiger partial charge >= 0.3 is 0 Å². The summed E-state index contributed by atoms with van der Waals surface area (Å²) in [5.41, 5.74) is 2.83. The molecule has 0 spiro atoms. The molecule has 0 bridgehead atoms. The molecule has 0 saturated carbocycles. The van der Waals surface area contributed by atoms with Crippen molar-refractivity contribution in [1.29, 1.82) is 0 Å². The van der Waals surface area contributed by atoms with Gasteiger partial charge in [0.1, 0.15) is 17.9 Å². The molecular weight excluding hydrogens is 392 g/mol. The van der Waals surface area contributed by atoms with Crippen LogP contribution in [0.3, 0.4) is 0 Å². The molecule has 0 radical (unpaired) electrons. The Balaban J connectivity index is 1.18. The van der Waals surface area contributed by atoms with Crippen LogP contribution in [0.5, 0.6) is 0 Å². The third-order valence-corrected chi connectivity index (χ3v) is 5.69. The zero-order valence-electron chi connectivity index (χ0n) is 17.2. The van der Waals surface area contributed by atoms with Gasteiger partial charge in [0.25, 0.3) is 5.91 Å². The molecule has 4 aromatic rings. The van der Waals surface area contributed by atoms with Crippen LogP contribution in [-0.2, 0) is 25.9 Å². The maximum Gasteiger partial charge on any atom is 0.254 e. The number of nitrogens with one attached hydrogen (secondary N) is 1. The number of hydrogen-bond donors (Lipinski definition) is 1. The monoisotopic (exact) mass is 416 g/mol. The van der Waals surface area contributed by atoms with E-state index in [0.717, 1.165) is 55.2 Å². The third kappa shape index (κ3) is 4.34. The Morgan fingerprint density at radius 3 is 3.00 bits per heavy atom. The topological polar surface area (TPSA) is 89.1 Å². The Labute approximate surface area is 179 Å². The summed E-state index contributed by atoms with van der Waals surface area (Å²) in [5.74, 6) is 1.79. The van der Waals surface area contributed by atoms with Crippen molar-refractivity contribution < 1.29 is 9.21 Å². The van der Waals surface area contributed by atoms with E-state index in [4.69, 9.17) is 4.42 Å². The quantitative estimate of drug-likeness (QED) is 0.519. The predicted octanol–water partition coefficient (Wildman–Crippen LogP) is 2.45. The van der Waals surface area contributed by atoms with Crippen molar-refractivity contribution in [3.63, 3.8) is 0 Å². The molecule has 31 heavy (non-hydrogen) atoms. The van der Waals surface area contributed by atoms with Crippen molar-refractivity contribution in [3.8, 4) is 0 Å². The molecule has 0 fully saturated rings. The number of aromatic nitrogens is 4. The first-order valence-electron chi connectivity index (χ1n) is 10.5. The van der Waals surface area contributed by atoms with Crippen LogP contribution in [0.4, 0.5) is 0 Å². The van der Waals surface area contributed by atoms with Crippen molar-refractivity contribution in [3.05, 3.63) is 77.9 Å². The van der Waals surface area contributed by atoms with E-state index >= 15 is 0 Å². The molecule has 0 saturated heterocycles. The van der Waals surface area contributed by atoms with Gasteiger partial charge in [-0.25, -0.2) is 0 Å². The summed E-state index contributed by atoms with van der Waals surface area (Å²) in [4.78, 5) is 19.0. The molecule has 1 aromatic carbocycles.